The maximum atomic E-state index is 14.2. The van der Waals surface area contributed by atoms with Crippen LogP contribution in [-0.4, -0.2) is 71.2 Å². The molecule has 1 aromatic carbocycles. The van der Waals surface area contributed by atoms with Gasteiger partial charge >= 0.3 is 0 Å². The van der Waals surface area contributed by atoms with Crippen LogP contribution in [0.3, 0.4) is 0 Å². The Morgan fingerprint density at radius 3 is 2.64 bits per heavy atom. The highest BCUT2D eigenvalue weighted by Gasteiger charge is 2.24. The fourth-order valence-corrected chi connectivity index (χ4v) is 4.60. The lowest BCUT2D eigenvalue weighted by Crippen LogP contribution is -2.35. The Labute approximate surface area is 263 Å². The number of nitrogen functional groups attached to an aromatic ring is 1. The number of aromatic nitrogens is 7. The van der Waals surface area contributed by atoms with Gasteiger partial charge in [-0.2, -0.15) is 5.10 Å². The number of aryl methyl sites for hydroxylation is 1. The summed E-state index contributed by atoms with van der Waals surface area (Å²) in [5.74, 6) is 7.81. The van der Waals surface area contributed by atoms with Crippen LogP contribution < -0.4 is 16.6 Å². The third kappa shape index (κ3) is 6.06. The first-order chi connectivity index (χ1) is 21.5. The Hall–Kier alpha value is -5.68. The number of allylic oxidation sites excluding steroid dienone is 4. The van der Waals surface area contributed by atoms with Crippen molar-refractivity contribution >= 4 is 59.7 Å². The van der Waals surface area contributed by atoms with Crippen molar-refractivity contribution in [3.63, 3.8) is 0 Å². The van der Waals surface area contributed by atoms with Crippen LogP contribution in [0.2, 0.25) is 0 Å². The standard InChI is InChI=1S/C30H21B4N9O2/c1-4-19(31)24(33)25(34)20(32)15-42-27(16(2)38-29(44)23-26(35)40-43-12-6-11-36-28(23)43)39-21-8-5-7-18(22(21)30(42)45)10-9-17-13-37-41(3)14-17/h1,5-8,11-14,16H,15H2,2-3H3,(H2,35,40)(H,38,44)/b24-19-,25-20-/t16-/m0/s1. The third-order valence-electron chi connectivity index (χ3n) is 6.85. The lowest BCUT2D eigenvalue weighted by Gasteiger charge is -2.21. The number of amides is 1. The van der Waals surface area contributed by atoms with E-state index in [0.717, 1.165) is 0 Å². The predicted molar refractivity (Wildman–Crippen MR) is 174 cm³/mol. The van der Waals surface area contributed by atoms with Gasteiger partial charge in [0.05, 0.1) is 28.7 Å². The van der Waals surface area contributed by atoms with Crippen LogP contribution in [0.1, 0.15) is 40.3 Å². The zero-order valence-electron chi connectivity index (χ0n) is 24.3. The highest BCUT2D eigenvalue weighted by Crippen LogP contribution is 2.21. The number of benzene rings is 1. The Morgan fingerprint density at radius 2 is 1.93 bits per heavy atom. The number of nitrogens with two attached hydrogens (primary N) is 1. The molecule has 4 heterocycles. The molecule has 15 heteroatoms. The summed E-state index contributed by atoms with van der Waals surface area (Å²) >= 11 is 0. The summed E-state index contributed by atoms with van der Waals surface area (Å²) in [6.45, 7) is 1.38. The van der Waals surface area contributed by atoms with E-state index in [2.05, 4.69) is 38.3 Å². The third-order valence-corrected chi connectivity index (χ3v) is 6.85. The van der Waals surface area contributed by atoms with Crippen molar-refractivity contribution in [1.82, 2.24) is 39.2 Å². The summed E-state index contributed by atoms with van der Waals surface area (Å²) in [7, 11) is 26.0. The Kier molecular flexibility index (Phi) is 8.55. The zero-order chi connectivity index (χ0) is 32.4. The molecule has 3 N–H and O–H groups in total. The van der Waals surface area contributed by atoms with Gasteiger partial charge in [-0.3, -0.25) is 18.8 Å². The van der Waals surface area contributed by atoms with Crippen LogP contribution in [0.15, 0.2) is 75.7 Å². The van der Waals surface area contributed by atoms with Crippen molar-refractivity contribution in [1.29, 1.82) is 0 Å². The number of hydrogen-bond donors (Lipinski definition) is 2. The summed E-state index contributed by atoms with van der Waals surface area (Å²) in [6.07, 6.45) is 11.8. The number of terminal acetylenes is 1. The summed E-state index contributed by atoms with van der Waals surface area (Å²) in [6, 6.07) is 5.90. The molecule has 0 aliphatic heterocycles. The van der Waals surface area contributed by atoms with Crippen LogP contribution in [0.25, 0.3) is 16.6 Å². The Balaban J connectivity index is 1.65. The smallest absolute Gasteiger partial charge is 0.262 e. The average Bonchev–Trinajstić information content (AvgIpc) is 3.60. The van der Waals surface area contributed by atoms with Crippen LogP contribution in [0, 0.1) is 24.2 Å². The van der Waals surface area contributed by atoms with E-state index >= 15 is 0 Å². The molecule has 0 aliphatic rings. The maximum Gasteiger partial charge on any atom is 0.262 e. The van der Waals surface area contributed by atoms with E-state index in [9.17, 15) is 9.59 Å². The summed E-state index contributed by atoms with van der Waals surface area (Å²) < 4.78 is 4.29. The molecule has 8 radical (unpaired) electrons. The molecule has 0 unspecified atom stereocenters. The highest BCUT2D eigenvalue weighted by atomic mass is 16.2. The van der Waals surface area contributed by atoms with Gasteiger partial charge in [0.25, 0.3) is 11.5 Å². The molecule has 11 nitrogen and oxygen atoms in total. The fourth-order valence-electron chi connectivity index (χ4n) is 4.60. The average molecular weight is 583 g/mol. The van der Waals surface area contributed by atoms with Crippen molar-refractivity contribution in [3.05, 3.63) is 104 Å². The second-order valence-electron chi connectivity index (χ2n) is 9.97. The SMILES string of the molecule is [B]/C(C#C)=C([B])/C([B])=C(/[B])Cn1c([C@H](C)NC(=O)c2c(N)nn3cccnc23)nc2cccc(C#Cc3cnn(C)c3)c2c1=O. The minimum Gasteiger partial charge on any atom is -0.381 e. The first kappa shape index (κ1) is 30.8. The first-order valence-corrected chi connectivity index (χ1v) is 13.4. The number of rotatable bonds is 6. The molecule has 0 saturated heterocycles. The molecule has 1 amide bonds. The zero-order valence-corrected chi connectivity index (χ0v) is 24.3. The number of nitrogens with zero attached hydrogens (tertiary/aromatic N) is 7. The molecule has 5 rings (SSSR count). The molecule has 0 spiro atoms. The molecule has 5 aromatic rings. The molecule has 4 aromatic heterocycles. The monoisotopic (exact) mass is 583 g/mol. The minimum absolute atomic E-state index is 0.0104. The lowest BCUT2D eigenvalue weighted by molar-refractivity contribution is 0.0939. The van der Waals surface area contributed by atoms with Crippen LogP contribution >= 0.6 is 0 Å². The number of carbonyl (C=O) groups is 1. The van der Waals surface area contributed by atoms with Gasteiger partial charge < -0.3 is 11.1 Å². The van der Waals surface area contributed by atoms with E-state index in [1.54, 1.807) is 61.5 Å². The Morgan fingerprint density at radius 1 is 1.16 bits per heavy atom. The minimum atomic E-state index is -0.851. The van der Waals surface area contributed by atoms with Gasteiger partial charge in [0, 0.05) is 37.7 Å². The maximum absolute atomic E-state index is 14.2. The molecule has 0 bridgehead atoms. The second kappa shape index (κ2) is 12.5. The van der Waals surface area contributed by atoms with Gasteiger partial charge in [-0.05, 0) is 25.1 Å². The van der Waals surface area contributed by atoms with Gasteiger partial charge in [-0.1, -0.05) is 29.3 Å². The summed E-state index contributed by atoms with van der Waals surface area (Å²) in [5, 5.41) is 11.3. The first-order valence-electron chi connectivity index (χ1n) is 13.4. The van der Waals surface area contributed by atoms with Gasteiger partial charge in [0.15, 0.2) is 11.5 Å². The van der Waals surface area contributed by atoms with E-state index in [1.165, 1.54) is 15.3 Å². The van der Waals surface area contributed by atoms with Crippen molar-refractivity contribution in [2.24, 2.45) is 7.05 Å². The van der Waals surface area contributed by atoms with Crippen LogP contribution in [-0.2, 0) is 13.6 Å². The number of nitrogens with one attached hydrogen (secondary N) is 1. The molecule has 0 saturated carbocycles. The fraction of sp³-hybridized carbons (Fsp3) is 0.133. The topological polar surface area (TPSA) is 138 Å². The second-order valence-corrected chi connectivity index (χ2v) is 9.97. The molecule has 1 atom stereocenters. The number of anilines is 1. The molecular formula is C30H21B4N9O2. The van der Waals surface area contributed by atoms with Crippen molar-refractivity contribution in [2.75, 3.05) is 5.73 Å². The van der Waals surface area contributed by atoms with Gasteiger partial charge in [0.1, 0.15) is 42.8 Å². The summed E-state index contributed by atoms with van der Waals surface area (Å²) in [5.41, 5.74) is 6.96. The molecular weight excluding hydrogens is 562 g/mol. The molecule has 0 fully saturated rings. The van der Waals surface area contributed by atoms with Crippen molar-refractivity contribution in [2.45, 2.75) is 19.5 Å². The lowest BCUT2D eigenvalue weighted by atomic mass is 9.66. The summed E-state index contributed by atoms with van der Waals surface area (Å²) in [4.78, 5) is 36.6. The molecule has 45 heavy (non-hydrogen) atoms. The van der Waals surface area contributed by atoms with Gasteiger partial charge in [0.2, 0.25) is 0 Å². The van der Waals surface area contributed by atoms with Crippen molar-refractivity contribution < 1.29 is 4.79 Å². The van der Waals surface area contributed by atoms with Crippen LogP contribution in [0.4, 0.5) is 5.82 Å². The van der Waals surface area contributed by atoms with Gasteiger partial charge in [-0.25, -0.2) is 14.5 Å². The Bertz CT molecular complexity index is 2230. The van der Waals surface area contributed by atoms with E-state index in [1.807, 2.05) is 0 Å². The largest absolute Gasteiger partial charge is 0.381 e. The molecule has 0 aliphatic carbocycles. The highest BCUT2D eigenvalue weighted by molar-refractivity contribution is 6.44. The van der Waals surface area contributed by atoms with E-state index in [0.29, 0.717) is 16.6 Å². The van der Waals surface area contributed by atoms with E-state index < -0.39 is 17.5 Å². The number of carbonyl (C=O) groups excluding carboxylic acids is 1. The van der Waals surface area contributed by atoms with Crippen LogP contribution in [0.5, 0.6) is 0 Å². The van der Waals surface area contributed by atoms with Gasteiger partial charge in [-0.15, -0.1) is 27.9 Å². The molecule has 210 valence electrons. The van der Waals surface area contributed by atoms with E-state index in [4.69, 9.17) is 48.5 Å². The van der Waals surface area contributed by atoms with E-state index in [-0.39, 0.29) is 56.7 Å². The quantitative estimate of drug-likeness (QED) is 0.168. The number of fused-ring (bicyclic) bond motifs is 2. The van der Waals surface area contributed by atoms with Crippen molar-refractivity contribution in [3.8, 4) is 24.2 Å². The predicted octanol–water partition coefficient (Wildman–Crippen LogP) is 0.376. The number of hydrogen-bond acceptors (Lipinski definition) is 7. The normalized spacial score (nSPS) is 12.9.